The molecule has 0 spiro atoms. The normalized spacial score (nSPS) is 13.5. The molecule has 0 aliphatic carbocycles. The summed E-state index contributed by atoms with van der Waals surface area (Å²) in [6.07, 6.45) is 4.15. The lowest BCUT2D eigenvalue weighted by Crippen LogP contribution is -2.36. The molecule has 52 heavy (non-hydrogen) atoms. The van der Waals surface area contributed by atoms with Gasteiger partial charge in [-0.3, -0.25) is 0 Å². The van der Waals surface area contributed by atoms with Crippen molar-refractivity contribution in [3.63, 3.8) is 0 Å². The van der Waals surface area contributed by atoms with Crippen LogP contribution in [0.2, 0.25) is 0 Å². The lowest BCUT2D eigenvalue weighted by molar-refractivity contribution is -0.572. The summed E-state index contributed by atoms with van der Waals surface area (Å²) in [5.74, 6) is 0.00201. The van der Waals surface area contributed by atoms with E-state index in [0.717, 1.165) is 50.6 Å². The fourth-order valence-electron chi connectivity index (χ4n) is 7.62. The highest BCUT2D eigenvalue weighted by Gasteiger charge is 2.42. The third kappa shape index (κ3) is 5.95. The molecule has 2 heterocycles. The van der Waals surface area contributed by atoms with Crippen molar-refractivity contribution in [2.24, 2.45) is 0 Å². The molecule has 1 aromatic heterocycles. The second kappa shape index (κ2) is 13.4. The summed E-state index contributed by atoms with van der Waals surface area (Å²) < 4.78 is 4.57. The summed E-state index contributed by atoms with van der Waals surface area (Å²) in [4.78, 5) is 0. The van der Waals surface area contributed by atoms with Crippen LogP contribution in [0.5, 0.6) is 5.75 Å². The number of hydrogen-bond acceptors (Lipinski definition) is 1. The minimum absolute atomic E-state index is 0.00201. The molecule has 0 saturated carbocycles. The average molecular weight is 674 g/mol. The summed E-state index contributed by atoms with van der Waals surface area (Å²) in [6.45, 7) is 6.62. The SMILES string of the molecule is Cc1ccc(-c2cc(-c3ccccc3)[n+](-c3cc(/C=C\C4=[N+](C)c5ccccc5C4(C)C)c([O-])c(-c4ccccc4)c3)c(-c3ccccc3)c2)cc1. The average Bonchev–Trinajstić information content (AvgIpc) is 3.38. The molecule has 0 unspecified atom stereocenters. The minimum Gasteiger partial charge on any atom is -0.872 e. The zero-order valence-corrected chi connectivity index (χ0v) is 30.0. The largest absolute Gasteiger partial charge is 0.872 e. The van der Waals surface area contributed by atoms with Gasteiger partial charge in [-0.1, -0.05) is 121 Å². The minimum atomic E-state index is -0.216. The van der Waals surface area contributed by atoms with Crippen LogP contribution in [0.3, 0.4) is 0 Å². The fourth-order valence-corrected chi connectivity index (χ4v) is 7.62. The summed E-state index contributed by atoms with van der Waals surface area (Å²) >= 11 is 0. The van der Waals surface area contributed by atoms with Gasteiger partial charge in [0, 0.05) is 53.1 Å². The zero-order valence-electron chi connectivity index (χ0n) is 30.0. The van der Waals surface area contributed by atoms with Gasteiger partial charge in [0.05, 0.1) is 5.41 Å². The number of para-hydroxylation sites is 1. The number of hydrogen-bond donors (Lipinski definition) is 0. The molecule has 0 bridgehead atoms. The molecular weight excluding hydrogens is 633 g/mol. The molecule has 252 valence electrons. The Labute approximate surface area is 306 Å². The lowest BCUT2D eigenvalue weighted by atomic mass is 9.81. The molecule has 3 heteroatoms. The Hall–Kier alpha value is -6.32. The number of nitrogens with zero attached hydrogens (tertiary/aromatic N) is 2. The summed E-state index contributed by atoms with van der Waals surface area (Å²) in [7, 11) is 2.11. The molecule has 8 rings (SSSR count). The van der Waals surface area contributed by atoms with Crippen LogP contribution in [0.25, 0.3) is 56.5 Å². The van der Waals surface area contributed by atoms with E-state index in [1.807, 2.05) is 36.4 Å². The first kappa shape index (κ1) is 32.9. The van der Waals surface area contributed by atoms with Gasteiger partial charge in [0.2, 0.25) is 22.8 Å². The van der Waals surface area contributed by atoms with E-state index >= 15 is 0 Å². The number of allylic oxidation sites excluding steroid dienone is 1. The van der Waals surface area contributed by atoms with Crippen molar-refractivity contribution in [2.75, 3.05) is 7.05 Å². The molecule has 1 aliphatic heterocycles. The van der Waals surface area contributed by atoms with E-state index in [4.69, 9.17) is 0 Å². The maximum atomic E-state index is 14.5. The van der Waals surface area contributed by atoms with Crippen LogP contribution in [0.1, 0.15) is 30.5 Å². The van der Waals surface area contributed by atoms with Crippen LogP contribution in [-0.2, 0) is 5.41 Å². The van der Waals surface area contributed by atoms with Crippen LogP contribution in [-0.4, -0.2) is 17.3 Å². The fraction of sp³-hybridized carbons (Fsp3) is 0.102. The summed E-state index contributed by atoms with van der Waals surface area (Å²) in [5.41, 5.74) is 14.2. The first-order valence-corrected chi connectivity index (χ1v) is 17.9. The standard InChI is InChI=1S/C49H41N2O/c1-34-24-26-35(27-25-34)40-31-45(37-18-10-6-11-19-37)51(46(32-40)38-20-12-7-13-21-38)41-30-39(48(52)42(33-41)36-16-8-5-9-17-36)28-29-47-49(2,3)43-22-14-15-23-44(43)50(47)4/h5-33H,1-4H3/q+1. The highest BCUT2D eigenvalue weighted by atomic mass is 16.3. The molecule has 6 aromatic carbocycles. The Morgan fingerprint density at radius 3 is 1.65 bits per heavy atom. The Bertz CT molecular complexity index is 2420. The number of aromatic nitrogens is 1. The van der Waals surface area contributed by atoms with Crippen molar-refractivity contribution in [2.45, 2.75) is 26.2 Å². The molecule has 3 nitrogen and oxygen atoms in total. The maximum Gasteiger partial charge on any atom is 0.219 e. The maximum absolute atomic E-state index is 14.5. The van der Waals surface area contributed by atoms with Gasteiger partial charge in [-0.15, -0.1) is 0 Å². The van der Waals surface area contributed by atoms with Crippen molar-refractivity contribution in [1.29, 1.82) is 0 Å². The van der Waals surface area contributed by atoms with E-state index in [9.17, 15) is 5.11 Å². The lowest BCUT2D eigenvalue weighted by Gasteiger charge is -2.20. The molecule has 0 atom stereocenters. The third-order valence-corrected chi connectivity index (χ3v) is 10.4. The van der Waals surface area contributed by atoms with E-state index in [2.05, 4.69) is 176 Å². The van der Waals surface area contributed by atoms with Crippen LogP contribution >= 0.6 is 0 Å². The zero-order chi connectivity index (χ0) is 35.8. The number of fused-ring (bicyclic) bond motifs is 1. The molecule has 0 N–H and O–H groups in total. The molecular formula is C49H41N2O+. The van der Waals surface area contributed by atoms with Crippen LogP contribution in [0.15, 0.2) is 170 Å². The van der Waals surface area contributed by atoms with Gasteiger partial charge in [0.25, 0.3) is 0 Å². The van der Waals surface area contributed by atoms with Crippen molar-refractivity contribution in [1.82, 2.24) is 0 Å². The topological polar surface area (TPSA) is 29.9 Å². The highest BCUT2D eigenvalue weighted by molar-refractivity contribution is 6.05. The second-order valence-corrected chi connectivity index (χ2v) is 14.1. The Morgan fingerprint density at radius 1 is 0.538 bits per heavy atom. The van der Waals surface area contributed by atoms with Gasteiger partial charge >= 0.3 is 0 Å². The van der Waals surface area contributed by atoms with Gasteiger partial charge in [-0.25, -0.2) is 0 Å². The van der Waals surface area contributed by atoms with Crippen LogP contribution in [0.4, 0.5) is 5.69 Å². The number of pyridine rings is 1. The predicted octanol–water partition coefficient (Wildman–Crippen LogP) is 10.7. The highest BCUT2D eigenvalue weighted by Crippen LogP contribution is 2.40. The van der Waals surface area contributed by atoms with E-state index in [1.54, 1.807) is 0 Å². The quantitative estimate of drug-likeness (QED) is 0.155. The van der Waals surface area contributed by atoms with Gasteiger partial charge in [-0.2, -0.15) is 9.14 Å². The van der Waals surface area contributed by atoms with Crippen molar-refractivity contribution in [3.8, 4) is 56.2 Å². The third-order valence-electron chi connectivity index (χ3n) is 10.4. The summed E-state index contributed by atoms with van der Waals surface area (Å²) in [5, 5.41) is 14.5. The van der Waals surface area contributed by atoms with Gasteiger partial charge in [0.15, 0.2) is 5.71 Å². The van der Waals surface area contributed by atoms with Crippen LogP contribution < -0.4 is 9.67 Å². The van der Waals surface area contributed by atoms with E-state index < -0.39 is 0 Å². The monoisotopic (exact) mass is 673 g/mol. The molecule has 0 fully saturated rings. The first-order valence-electron chi connectivity index (χ1n) is 17.9. The first-order chi connectivity index (χ1) is 25.3. The molecule has 1 aliphatic rings. The van der Waals surface area contributed by atoms with Gasteiger partial charge < -0.3 is 5.11 Å². The molecule has 7 aromatic rings. The van der Waals surface area contributed by atoms with E-state index in [1.165, 1.54) is 16.8 Å². The Balaban J connectivity index is 1.41. The molecule has 0 amide bonds. The van der Waals surface area contributed by atoms with Gasteiger partial charge in [-0.05, 0) is 78.9 Å². The van der Waals surface area contributed by atoms with Crippen molar-refractivity contribution in [3.05, 3.63) is 187 Å². The number of benzene rings is 6. The van der Waals surface area contributed by atoms with Gasteiger partial charge in [0.1, 0.15) is 7.05 Å². The molecule has 0 radical (unpaired) electrons. The molecule has 0 saturated heterocycles. The number of rotatable bonds is 7. The van der Waals surface area contributed by atoms with Crippen molar-refractivity contribution >= 4 is 17.5 Å². The van der Waals surface area contributed by atoms with Crippen molar-refractivity contribution < 1.29 is 14.2 Å². The van der Waals surface area contributed by atoms with E-state index in [0.29, 0.717) is 11.1 Å². The predicted molar refractivity (Wildman–Crippen MR) is 213 cm³/mol. The summed E-state index contributed by atoms with van der Waals surface area (Å²) in [6, 6.07) is 57.0. The van der Waals surface area contributed by atoms with Crippen LogP contribution in [0, 0.1) is 6.92 Å². The van der Waals surface area contributed by atoms with E-state index in [-0.39, 0.29) is 11.2 Å². The Morgan fingerprint density at radius 2 is 1.08 bits per heavy atom. The smallest absolute Gasteiger partial charge is 0.219 e. The number of aryl methyl sites for hydroxylation is 1. The Kier molecular flexibility index (Phi) is 8.48. The second-order valence-electron chi connectivity index (χ2n) is 14.1.